The minimum atomic E-state index is -0.503. The van der Waals surface area contributed by atoms with E-state index in [9.17, 15) is 5.11 Å². The van der Waals surface area contributed by atoms with Crippen LogP contribution in [-0.4, -0.2) is 54.9 Å². The number of rotatable bonds is 8. The first kappa shape index (κ1) is 15.1. The molecule has 0 fully saturated rings. The molecule has 4 nitrogen and oxygen atoms in total. The van der Waals surface area contributed by atoms with Crippen molar-refractivity contribution >= 4 is 17.4 Å². The molecule has 0 saturated heterocycles. The molecule has 1 unspecified atom stereocenters. The number of nitrogens with two attached hydrogens (primary N) is 1. The van der Waals surface area contributed by atoms with Crippen molar-refractivity contribution < 1.29 is 9.84 Å². The Balaban J connectivity index is 2.28. The predicted molar refractivity (Wildman–Crippen MR) is 78.2 cm³/mol. The van der Waals surface area contributed by atoms with Gasteiger partial charge in [-0.2, -0.15) is 11.8 Å². The van der Waals surface area contributed by atoms with Crippen molar-refractivity contribution in [3.05, 3.63) is 24.3 Å². The second-order valence-corrected chi connectivity index (χ2v) is 5.24. The fourth-order valence-corrected chi connectivity index (χ4v) is 2.04. The van der Waals surface area contributed by atoms with Gasteiger partial charge < -0.3 is 20.5 Å². The Morgan fingerprint density at radius 2 is 2.17 bits per heavy atom. The normalized spacial score (nSPS) is 12.7. The van der Waals surface area contributed by atoms with Crippen molar-refractivity contribution in [2.24, 2.45) is 0 Å². The molecule has 0 spiro atoms. The van der Waals surface area contributed by atoms with Gasteiger partial charge in [0.25, 0.3) is 0 Å². The van der Waals surface area contributed by atoms with Crippen LogP contribution in [0.25, 0.3) is 0 Å². The Kier molecular flexibility index (Phi) is 6.93. The predicted octanol–water partition coefficient (Wildman–Crippen LogP) is 1.30. The summed E-state index contributed by atoms with van der Waals surface area (Å²) in [5, 5.41) is 9.86. The lowest BCUT2D eigenvalue weighted by Crippen LogP contribution is -2.34. The van der Waals surface area contributed by atoms with E-state index in [-0.39, 0.29) is 6.61 Å². The number of hydrogen-bond donors (Lipinski definition) is 2. The maximum absolute atomic E-state index is 9.86. The molecule has 0 bridgehead atoms. The summed E-state index contributed by atoms with van der Waals surface area (Å²) < 4.78 is 5.50. The number of para-hydroxylation sites is 2. The molecule has 0 aromatic heterocycles. The zero-order valence-electron chi connectivity index (χ0n) is 11.0. The van der Waals surface area contributed by atoms with Gasteiger partial charge in [-0.15, -0.1) is 0 Å². The van der Waals surface area contributed by atoms with Crippen molar-refractivity contribution in [1.29, 1.82) is 0 Å². The number of benzene rings is 1. The average molecular weight is 270 g/mol. The summed E-state index contributed by atoms with van der Waals surface area (Å²) in [6, 6.07) is 7.31. The number of aliphatic hydroxyl groups excluding tert-OH is 1. The number of likely N-dealkylation sites (N-methyl/N-ethyl adjacent to an activating group) is 1. The van der Waals surface area contributed by atoms with Crippen molar-refractivity contribution in [2.75, 3.05) is 44.5 Å². The van der Waals surface area contributed by atoms with Gasteiger partial charge in [0.1, 0.15) is 18.5 Å². The maximum atomic E-state index is 9.86. The Morgan fingerprint density at radius 3 is 2.83 bits per heavy atom. The summed E-state index contributed by atoms with van der Waals surface area (Å²) in [7, 11) is 2.00. The van der Waals surface area contributed by atoms with Crippen molar-refractivity contribution in [3.8, 4) is 5.75 Å². The van der Waals surface area contributed by atoms with Gasteiger partial charge in [0.2, 0.25) is 0 Å². The smallest absolute Gasteiger partial charge is 0.142 e. The number of anilines is 1. The van der Waals surface area contributed by atoms with Crippen LogP contribution in [0, 0.1) is 0 Å². The second kappa shape index (κ2) is 8.24. The highest BCUT2D eigenvalue weighted by Crippen LogP contribution is 2.19. The number of thioether (sulfide) groups is 1. The van der Waals surface area contributed by atoms with Crippen LogP contribution in [0.1, 0.15) is 0 Å². The Hall–Kier alpha value is -0.910. The minimum absolute atomic E-state index is 0.262. The summed E-state index contributed by atoms with van der Waals surface area (Å²) in [5.41, 5.74) is 6.35. The highest BCUT2D eigenvalue weighted by molar-refractivity contribution is 7.98. The summed E-state index contributed by atoms with van der Waals surface area (Å²) in [5.74, 6) is 1.69. The van der Waals surface area contributed by atoms with Crippen molar-refractivity contribution in [1.82, 2.24) is 4.90 Å². The summed E-state index contributed by atoms with van der Waals surface area (Å²) in [4.78, 5) is 2.10. The van der Waals surface area contributed by atoms with E-state index in [2.05, 4.69) is 11.2 Å². The molecular formula is C13H22N2O2S. The molecule has 5 heteroatoms. The van der Waals surface area contributed by atoms with E-state index in [1.165, 1.54) is 0 Å². The lowest BCUT2D eigenvalue weighted by molar-refractivity contribution is 0.0785. The van der Waals surface area contributed by atoms with Gasteiger partial charge in [-0.3, -0.25) is 0 Å². The quantitative estimate of drug-likeness (QED) is 0.697. The number of ether oxygens (including phenoxy) is 1. The molecule has 0 aliphatic rings. The van der Waals surface area contributed by atoms with E-state index in [0.717, 1.165) is 12.3 Å². The van der Waals surface area contributed by atoms with E-state index in [0.29, 0.717) is 18.0 Å². The molecule has 0 amide bonds. The number of nitrogens with zero attached hydrogens (tertiary/aromatic N) is 1. The van der Waals surface area contributed by atoms with Crippen LogP contribution in [0.2, 0.25) is 0 Å². The molecule has 0 heterocycles. The standard InChI is InChI=1S/C13H22N2O2S/c1-15(7-8-18-2)9-11(16)10-17-13-6-4-3-5-12(13)14/h3-6,11,16H,7-10,14H2,1-2H3. The minimum Gasteiger partial charge on any atom is -0.489 e. The van der Waals surface area contributed by atoms with E-state index >= 15 is 0 Å². The first-order valence-corrected chi connectivity index (χ1v) is 7.35. The van der Waals surface area contributed by atoms with Crippen LogP contribution in [0.3, 0.4) is 0 Å². The molecule has 3 N–H and O–H groups in total. The Bertz CT molecular complexity index is 350. The van der Waals surface area contributed by atoms with Crippen LogP contribution in [0.4, 0.5) is 5.69 Å². The van der Waals surface area contributed by atoms with Gasteiger partial charge in [-0.05, 0) is 25.4 Å². The number of hydrogen-bond acceptors (Lipinski definition) is 5. The second-order valence-electron chi connectivity index (χ2n) is 4.26. The molecule has 18 heavy (non-hydrogen) atoms. The van der Waals surface area contributed by atoms with E-state index in [1.54, 1.807) is 23.9 Å². The van der Waals surface area contributed by atoms with Gasteiger partial charge in [0, 0.05) is 18.8 Å². The maximum Gasteiger partial charge on any atom is 0.142 e. The molecular weight excluding hydrogens is 248 g/mol. The highest BCUT2D eigenvalue weighted by Gasteiger charge is 2.09. The molecule has 1 atom stereocenters. The van der Waals surface area contributed by atoms with E-state index in [4.69, 9.17) is 10.5 Å². The van der Waals surface area contributed by atoms with E-state index < -0.39 is 6.10 Å². The first-order valence-electron chi connectivity index (χ1n) is 5.96. The molecule has 102 valence electrons. The van der Waals surface area contributed by atoms with Gasteiger partial charge in [-0.1, -0.05) is 12.1 Å². The number of aliphatic hydroxyl groups is 1. The van der Waals surface area contributed by atoms with E-state index in [1.807, 2.05) is 19.2 Å². The number of nitrogen functional groups attached to an aromatic ring is 1. The average Bonchev–Trinajstić information content (AvgIpc) is 2.35. The van der Waals surface area contributed by atoms with Crippen LogP contribution in [0.15, 0.2) is 24.3 Å². The highest BCUT2D eigenvalue weighted by atomic mass is 32.2. The SMILES string of the molecule is CSCCN(C)CC(O)COc1ccccc1N. The Morgan fingerprint density at radius 1 is 1.44 bits per heavy atom. The van der Waals surface area contributed by atoms with Crippen molar-refractivity contribution in [3.63, 3.8) is 0 Å². The fraction of sp³-hybridized carbons (Fsp3) is 0.538. The molecule has 0 aliphatic carbocycles. The first-order chi connectivity index (χ1) is 8.63. The van der Waals surface area contributed by atoms with Gasteiger partial charge in [0.15, 0.2) is 0 Å². The third-order valence-electron chi connectivity index (χ3n) is 2.55. The third-order valence-corrected chi connectivity index (χ3v) is 3.14. The lowest BCUT2D eigenvalue weighted by Gasteiger charge is -2.20. The van der Waals surface area contributed by atoms with Crippen molar-refractivity contribution in [2.45, 2.75) is 6.10 Å². The largest absolute Gasteiger partial charge is 0.489 e. The van der Waals surface area contributed by atoms with Gasteiger partial charge in [0.05, 0.1) is 5.69 Å². The summed E-state index contributed by atoms with van der Waals surface area (Å²) >= 11 is 1.80. The fourth-order valence-electron chi connectivity index (χ4n) is 1.55. The monoisotopic (exact) mass is 270 g/mol. The Labute approximate surface area is 113 Å². The third kappa shape index (κ3) is 5.62. The van der Waals surface area contributed by atoms with Crippen LogP contribution in [-0.2, 0) is 0 Å². The molecule has 0 aliphatic heterocycles. The summed E-state index contributed by atoms with van der Waals surface area (Å²) in [6.07, 6.45) is 1.57. The summed E-state index contributed by atoms with van der Waals surface area (Å²) in [6.45, 7) is 1.83. The van der Waals surface area contributed by atoms with Gasteiger partial charge >= 0.3 is 0 Å². The zero-order valence-corrected chi connectivity index (χ0v) is 11.8. The van der Waals surface area contributed by atoms with Crippen LogP contribution < -0.4 is 10.5 Å². The molecule has 0 saturated carbocycles. The molecule has 1 rings (SSSR count). The topological polar surface area (TPSA) is 58.7 Å². The zero-order chi connectivity index (χ0) is 13.4. The van der Waals surface area contributed by atoms with Gasteiger partial charge in [-0.25, -0.2) is 0 Å². The molecule has 1 aromatic rings. The van der Waals surface area contributed by atoms with Crippen LogP contribution in [0.5, 0.6) is 5.75 Å². The molecule has 0 radical (unpaired) electrons. The molecule has 1 aromatic carbocycles. The lowest BCUT2D eigenvalue weighted by atomic mass is 10.3. The van der Waals surface area contributed by atoms with Crippen LogP contribution >= 0.6 is 11.8 Å².